The molecule has 0 aliphatic heterocycles. The molecule has 0 aromatic heterocycles. The maximum Gasteiger partial charge on any atom is 0.252 e. The SMILES string of the molecule is CC(C)(NC(=O)c1cccc(CCN)c1)C(N)=O. The van der Waals surface area contributed by atoms with Crippen LogP contribution in [0.2, 0.25) is 0 Å². The molecule has 18 heavy (non-hydrogen) atoms. The van der Waals surface area contributed by atoms with Gasteiger partial charge < -0.3 is 16.8 Å². The number of benzene rings is 1. The minimum Gasteiger partial charge on any atom is -0.368 e. The van der Waals surface area contributed by atoms with Gasteiger partial charge in [0.15, 0.2) is 0 Å². The summed E-state index contributed by atoms with van der Waals surface area (Å²) in [5.74, 6) is -0.897. The highest BCUT2D eigenvalue weighted by Gasteiger charge is 2.27. The molecule has 2 amide bonds. The van der Waals surface area contributed by atoms with Crippen LogP contribution in [0.15, 0.2) is 24.3 Å². The van der Waals surface area contributed by atoms with Crippen LogP contribution >= 0.6 is 0 Å². The monoisotopic (exact) mass is 249 g/mol. The second kappa shape index (κ2) is 5.64. The van der Waals surface area contributed by atoms with Crippen LogP contribution in [-0.2, 0) is 11.2 Å². The van der Waals surface area contributed by atoms with Gasteiger partial charge in [0.1, 0.15) is 5.54 Å². The molecule has 0 aliphatic carbocycles. The predicted octanol–water partition coefficient (Wildman–Crippen LogP) is 0.182. The molecule has 1 aromatic carbocycles. The smallest absolute Gasteiger partial charge is 0.252 e. The van der Waals surface area contributed by atoms with E-state index in [-0.39, 0.29) is 5.91 Å². The molecule has 0 atom stereocenters. The van der Waals surface area contributed by atoms with E-state index in [9.17, 15) is 9.59 Å². The van der Waals surface area contributed by atoms with Crippen LogP contribution in [0, 0.1) is 0 Å². The number of amides is 2. The van der Waals surface area contributed by atoms with Gasteiger partial charge in [-0.05, 0) is 44.5 Å². The lowest BCUT2D eigenvalue weighted by atomic mass is 10.0. The quantitative estimate of drug-likeness (QED) is 0.694. The van der Waals surface area contributed by atoms with Gasteiger partial charge in [-0.3, -0.25) is 9.59 Å². The number of carbonyl (C=O) groups excluding carboxylic acids is 2. The van der Waals surface area contributed by atoms with Gasteiger partial charge in [-0.15, -0.1) is 0 Å². The number of carbonyl (C=O) groups is 2. The number of rotatable bonds is 5. The molecule has 0 spiro atoms. The Balaban J connectivity index is 2.84. The van der Waals surface area contributed by atoms with E-state index in [1.807, 2.05) is 6.07 Å². The molecule has 5 heteroatoms. The standard InChI is InChI=1S/C13H19N3O2/c1-13(2,12(15)18)16-11(17)10-5-3-4-9(8-10)6-7-14/h3-5,8H,6-7,14H2,1-2H3,(H2,15,18)(H,16,17). The van der Waals surface area contributed by atoms with Crippen molar-refractivity contribution < 1.29 is 9.59 Å². The van der Waals surface area contributed by atoms with Crippen molar-refractivity contribution in [1.29, 1.82) is 0 Å². The van der Waals surface area contributed by atoms with Crippen LogP contribution in [0.25, 0.3) is 0 Å². The van der Waals surface area contributed by atoms with Gasteiger partial charge in [0.2, 0.25) is 5.91 Å². The van der Waals surface area contributed by atoms with E-state index in [0.29, 0.717) is 18.5 Å². The topological polar surface area (TPSA) is 98.2 Å². The van der Waals surface area contributed by atoms with Crippen molar-refractivity contribution in [3.8, 4) is 0 Å². The van der Waals surface area contributed by atoms with Crippen molar-refractivity contribution in [2.24, 2.45) is 11.5 Å². The molecule has 0 heterocycles. The summed E-state index contributed by atoms with van der Waals surface area (Å²) in [6.45, 7) is 3.66. The molecule has 5 N–H and O–H groups in total. The van der Waals surface area contributed by atoms with Crippen molar-refractivity contribution in [2.75, 3.05) is 6.54 Å². The number of hydrogen-bond acceptors (Lipinski definition) is 3. The van der Waals surface area contributed by atoms with Gasteiger partial charge in [-0.25, -0.2) is 0 Å². The van der Waals surface area contributed by atoms with Gasteiger partial charge in [0.25, 0.3) is 5.91 Å². The summed E-state index contributed by atoms with van der Waals surface area (Å²) in [6.07, 6.45) is 0.709. The van der Waals surface area contributed by atoms with Gasteiger partial charge in [0.05, 0.1) is 0 Å². The first kappa shape index (κ1) is 14.2. The Morgan fingerprint density at radius 3 is 2.56 bits per heavy atom. The highest BCUT2D eigenvalue weighted by molar-refractivity contribution is 5.98. The first-order chi connectivity index (χ1) is 8.36. The average Bonchev–Trinajstić information content (AvgIpc) is 2.29. The Morgan fingerprint density at radius 2 is 2.00 bits per heavy atom. The normalized spacial score (nSPS) is 11.1. The molecular weight excluding hydrogens is 230 g/mol. The summed E-state index contributed by atoms with van der Waals surface area (Å²) >= 11 is 0. The molecule has 1 rings (SSSR count). The predicted molar refractivity (Wildman–Crippen MR) is 69.9 cm³/mol. The highest BCUT2D eigenvalue weighted by Crippen LogP contribution is 2.08. The number of primary amides is 1. The van der Waals surface area contributed by atoms with Gasteiger partial charge in [0, 0.05) is 5.56 Å². The summed E-state index contributed by atoms with van der Waals surface area (Å²) in [5, 5.41) is 2.60. The van der Waals surface area contributed by atoms with E-state index in [0.717, 1.165) is 5.56 Å². The molecule has 0 bridgehead atoms. The van der Waals surface area contributed by atoms with Gasteiger partial charge in [-0.2, -0.15) is 0 Å². The van der Waals surface area contributed by atoms with Crippen molar-refractivity contribution in [3.05, 3.63) is 35.4 Å². The largest absolute Gasteiger partial charge is 0.368 e. The minimum absolute atomic E-state index is 0.322. The summed E-state index contributed by atoms with van der Waals surface area (Å²) in [6, 6.07) is 7.14. The second-order valence-corrected chi connectivity index (χ2v) is 4.68. The summed E-state index contributed by atoms with van der Waals surface area (Å²) in [7, 11) is 0. The molecule has 1 aromatic rings. The number of nitrogens with one attached hydrogen (secondary N) is 1. The summed E-state index contributed by atoms with van der Waals surface area (Å²) < 4.78 is 0. The Morgan fingerprint density at radius 1 is 1.33 bits per heavy atom. The van der Waals surface area contributed by atoms with E-state index in [2.05, 4.69) is 5.32 Å². The Labute approximate surface area is 107 Å². The lowest BCUT2D eigenvalue weighted by Crippen LogP contribution is -2.53. The minimum atomic E-state index is -1.07. The molecular formula is C13H19N3O2. The Hall–Kier alpha value is -1.88. The molecule has 0 aliphatic rings. The zero-order chi connectivity index (χ0) is 13.8. The first-order valence-corrected chi connectivity index (χ1v) is 5.78. The van der Waals surface area contributed by atoms with Crippen molar-refractivity contribution >= 4 is 11.8 Å². The molecule has 0 fully saturated rings. The summed E-state index contributed by atoms with van der Waals surface area (Å²) in [4.78, 5) is 23.1. The molecule has 5 nitrogen and oxygen atoms in total. The van der Waals surface area contributed by atoms with Gasteiger partial charge >= 0.3 is 0 Å². The van der Waals surface area contributed by atoms with E-state index < -0.39 is 11.4 Å². The fourth-order valence-corrected chi connectivity index (χ4v) is 1.45. The lowest BCUT2D eigenvalue weighted by Gasteiger charge is -2.22. The van der Waals surface area contributed by atoms with Gasteiger partial charge in [-0.1, -0.05) is 12.1 Å². The van der Waals surface area contributed by atoms with E-state index >= 15 is 0 Å². The third-order valence-electron chi connectivity index (χ3n) is 2.66. The van der Waals surface area contributed by atoms with Crippen LogP contribution < -0.4 is 16.8 Å². The zero-order valence-electron chi connectivity index (χ0n) is 10.7. The lowest BCUT2D eigenvalue weighted by molar-refractivity contribution is -0.122. The third kappa shape index (κ3) is 3.56. The molecule has 0 saturated heterocycles. The van der Waals surface area contributed by atoms with Crippen molar-refractivity contribution in [1.82, 2.24) is 5.32 Å². The van der Waals surface area contributed by atoms with Crippen LogP contribution in [-0.4, -0.2) is 23.9 Å². The molecule has 0 radical (unpaired) electrons. The van der Waals surface area contributed by atoms with E-state index in [1.54, 1.807) is 32.0 Å². The fraction of sp³-hybridized carbons (Fsp3) is 0.385. The van der Waals surface area contributed by atoms with E-state index in [4.69, 9.17) is 11.5 Å². The summed E-state index contributed by atoms with van der Waals surface area (Å²) in [5.41, 5.74) is 11.1. The maximum absolute atomic E-state index is 12.0. The Bertz CT molecular complexity index is 455. The van der Waals surface area contributed by atoms with Crippen molar-refractivity contribution in [2.45, 2.75) is 25.8 Å². The van der Waals surface area contributed by atoms with Crippen LogP contribution in [0.4, 0.5) is 0 Å². The maximum atomic E-state index is 12.0. The highest BCUT2D eigenvalue weighted by atomic mass is 16.2. The zero-order valence-corrected chi connectivity index (χ0v) is 10.7. The third-order valence-corrected chi connectivity index (χ3v) is 2.66. The second-order valence-electron chi connectivity index (χ2n) is 4.68. The first-order valence-electron chi connectivity index (χ1n) is 5.78. The fourth-order valence-electron chi connectivity index (χ4n) is 1.45. The van der Waals surface area contributed by atoms with Crippen LogP contribution in [0.3, 0.4) is 0 Å². The number of nitrogens with two attached hydrogens (primary N) is 2. The average molecular weight is 249 g/mol. The molecule has 98 valence electrons. The molecule has 0 unspecified atom stereocenters. The molecule has 0 saturated carbocycles. The van der Waals surface area contributed by atoms with Crippen LogP contribution in [0.1, 0.15) is 29.8 Å². The van der Waals surface area contributed by atoms with Crippen molar-refractivity contribution in [3.63, 3.8) is 0 Å². The Kier molecular flexibility index (Phi) is 4.44. The number of hydrogen-bond donors (Lipinski definition) is 3. The van der Waals surface area contributed by atoms with Crippen LogP contribution in [0.5, 0.6) is 0 Å². The van der Waals surface area contributed by atoms with E-state index in [1.165, 1.54) is 0 Å².